The van der Waals surface area contributed by atoms with Crippen LogP contribution in [-0.4, -0.2) is 36.6 Å². The summed E-state index contributed by atoms with van der Waals surface area (Å²) in [5.74, 6) is 0.591. The van der Waals surface area contributed by atoms with E-state index >= 15 is 0 Å². The summed E-state index contributed by atoms with van der Waals surface area (Å²) in [6, 6.07) is 0. The van der Waals surface area contributed by atoms with E-state index in [-0.39, 0.29) is 12.4 Å². The Labute approximate surface area is 127 Å². The molecule has 1 unspecified atom stereocenters. The van der Waals surface area contributed by atoms with Crippen LogP contribution in [0.5, 0.6) is 0 Å². The highest BCUT2D eigenvalue weighted by atomic mass is 35.5. The Hall–Kier alpha value is -0.370. The number of nitrogens with zero attached hydrogens (tertiary/aromatic N) is 2. The molecule has 2 rings (SSSR count). The van der Waals surface area contributed by atoms with Crippen molar-refractivity contribution in [3.63, 3.8) is 0 Å². The van der Waals surface area contributed by atoms with Crippen molar-refractivity contribution in [3.8, 4) is 0 Å². The molecule has 1 saturated heterocycles. The normalized spacial score (nSPS) is 20.7. The van der Waals surface area contributed by atoms with Crippen LogP contribution >= 0.6 is 23.7 Å². The number of halogens is 4. The fourth-order valence-corrected chi connectivity index (χ4v) is 3.30. The average Bonchev–Trinajstić information content (AvgIpc) is 2.78. The molecule has 1 aliphatic heterocycles. The molecule has 0 saturated carbocycles. The second kappa shape index (κ2) is 7.59. The third-order valence-corrected chi connectivity index (χ3v) is 4.30. The monoisotopic (exact) mass is 329 g/mol. The third kappa shape index (κ3) is 4.87. The van der Waals surface area contributed by atoms with Crippen LogP contribution in [0.2, 0.25) is 0 Å². The fourth-order valence-electron chi connectivity index (χ4n) is 2.48. The SMILES string of the molecule is CNCC1CCCN(Cc2cnc(C(F)(F)F)s2)C1.Cl. The van der Waals surface area contributed by atoms with Gasteiger partial charge in [0.2, 0.25) is 0 Å². The first-order valence-electron chi connectivity index (χ1n) is 6.38. The number of alkyl halides is 3. The summed E-state index contributed by atoms with van der Waals surface area (Å²) in [6.07, 6.45) is -0.667. The van der Waals surface area contributed by atoms with E-state index < -0.39 is 11.2 Å². The molecule has 1 aromatic rings. The molecule has 1 N–H and O–H groups in total. The van der Waals surface area contributed by atoms with Gasteiger partial charge in [-0.3, -0.25) is 4.90 Å². The van der Waals surface area contributed by atoms with Crippen LogP contribution in [0, 0.1) is 5.92 Å². The Kier molecular flexibility index (Phi) is 6.71. The Morgan fingerprint density at radius 2 is 2.25 bits per heavy atom. The number of piperidine rings is 1. The van der Waals surface area contributed by atoms with E-state index in [4.69, 9.17) is 0 Å². The molecule has 0 spiro atoms. The lowest BCUT2D eigenvalue weighted by molar-refractivity contribution is -0.137. The average molecular weight is 330 g/mol. The lowest BCUT2D eigenvalue weighted by Gasteiger charge is -2.32. The smallest absolute Gasteiger partial charge is 0.319 e. The molecule has 0 aliphatic carbocycles. The molecule has 20 heavy (non-hydrogen) atoms. The minimum absolute atomic E-state index is 0. The molecule has 3 nitrogen and oxygen atoms in total. The van der Waals surface area contributed by atoms with E-state index in [2.05, 4.69) is 15.2 Å². The number of hydrogen-bond donors (Lipinski definition) is 1. The van der Waals surface area contributed by atoms with Crippen molar-refractivity contribution in [2.45, 2.75) is 25.6 Å². The number of nitrogens with one attached hydrogen (secondary N) is 1. The molecule has 1 aromatic heterocycles. The summed E-state index contributed by atoms with van der Waals surface area (Å²) in [6.45, 7) is 3.44. The molecule has 2 heterocycles. The van der Waals surface area contributed by atoms with Gasteiger partial charge in [0.15, 0.2) is 5.01 Å². The van der Waals surface area contributed by atoms with Crippen molar-refractivity contribution in [1.29, 1.82) is 0 Å². The number of hydrogen-bond acceptors (Lipinski definition) is 4. The van der Waals surface area contributed by atoms with Crippen molar-refractivity contribution in [3.05, 3.63) is 16.1 Å². The van der Waals surface area contributed by atoms with E-state index in [1.165, 1.54) is 12.6 Å². The zero-order valence-electron chi connectivity index (χ0n) is 11.2. The van der Waals surface area contributed by atoms with Gasteiger partial charge in [0.05, 0.1) is 0 Å². The molecule has 8 heteroatoms. The third-order valence-electron chi connectivity index (χ3n) is 3.27. The van der Waals surface area contributed by atoms with Gasteiger partial charge in [0.1, 0.15) is 0 Å². The van der Waals surface area contributed by atoms with Crippen LogP contribution in [-0.2, 0) is 12.7 Å². The van der Waals surface area contributed by atoms with Crippen molar-refractivity contribution < 1.29 is 13.2 Å². The molecular weight excluding hydrogens is 311 g/mol. The van der Waals surface area contributed by atoms with Crippen LogP contribution in [0.15, 0.2) is 6.20 Å². The summed E-state index contributed by atoms with van der Waals surface area (Å²) < 4.78 is 37.4. The standard InChI is InChI=1S/C12H18F3N3S.ClH/c1-16-5-9-3-2-4-18(7-9)8-10-6-17-11(19-10)12(13,14)15;/h6,9,16H,2-5,7-8H2,1H3;1H. The minimum Gasteiger partial charge on any atom is -0.319 e. The van der Waals surface area contributed by atoms with Crippen LogP contribution in [0.4, 0.5) is 13.2 Å². The topological polar surface area (TPSA) is 28.2 Å². The summed E-state index contributed by atoms with van der Waals surface area (Å²) >= 11 is 0.755. The Morgan fingerprint density at radius 1 is 1.50 bits per heavy atom. The van der Waals surface area contributed by atoms with Crippen molar-refractivity contribution in [2.24, 2.45) is 5.92 Å². The van der Waals surface area contributed by atoms with Crippen molar-refractivity contribution >= 4 is 23.7 Å². The van der Waals surface area contributed by atoms with Gasteiger partial charge in [0.25, 0.3) is 0 Å². The second-order valence-electron chi connectivity index (χ2n) is 4.93. The van der Waals surface area contributed by atoms with Crippen molar-refractivity contribution in [2.75, 3.05) is 26.7 Å². The van der Waals surface area contributed by atoms with Gasteiger partial charge < -0.3 is 5.32 Å². The molecule has 116 valence electrons. The van der Waals surface area contributed by atoms with Gasteiger partial charge in [-0.2, -0.15) is 13.2 Å². The number of likely N-dealkylation sites (tertiary alicyclic amines) is 1. The summed E-state index contributed by atoms with van der Waals surface area (Å²) in [5.41, 5.74) is 0. The predicted molar refractivity (Wildman–Crippen MR) is 76.3 cm³/mol. The Morgan fingerprint density at radius 3 is 2.85 bits per heavy atom. The zero-order chi connectivity index (χ0) is 13.9. The maximum absolute atomic E-state index is 12.5. The highest BCUT2D eigenvalue weighted by molar-refractivity contribution is 7.11. The summed E-state index contributed by atoms with van der Waals surface area (Å²) in [5, 5.41) is 2.42. The Bertz CT molecular complexity index is 409. The second-order valence-corrected chi connectivity index (χ2v) is 6.05. The maximum Gasteiger partial charge on any atom is 0.443 e. The largest absolute Gasteiger partial charge is 0.443 e. The number of thiazole rings is 1. The fraction of sp³-hybridized carbons (Fsp3) is 0.750. The quantitative estimate of drug-likeness (QED) is 0.920. The highest BCUT2D eigenvalue weighted by Gasteiger charge is 2.34. The summed E-state index contributed by atoms with van der Waals surface area (Å²) in [4.78, 5) is 6.38. The molecule has 1 atom stereocenters. The van der Waals surface area contributed by atoms with Crippen molar-refractivity contribution in [1.82, 2.24) is 15.2 Å². The molecule has 1 aliphatic rings. The van der Waals surface area contributed by atoms with Gasteiger partial charge in [0, 0.05) is 24.2 Å². The molecule has 1 fully saturated rings. The van der Waals surface area contributed by atoms with E-state index in [0.717, 1.165) is 37.4 Å². The molecule has 0 radical (unpaired) electrons. The highest BCUT2D eigenvalue weighted by Crippen LogP contribution is 2.33. The van der Waals surface area contributed by atoms with E-state index in [1.807, 2.05) is 7.05 Å². The predicted octanol–water partition coefficient (Wildman–Crippen LogP) is 3.02. The lowest BCUT2D eigenvalue weighted by atomic mass is 9.98. The van der Waals surface area contributed by atoms with Crippen LogP contribution in [0.1, 0.15) is 22.7 Å². The lowest BCUT2D eigenvalue weighted by Crippen LogP contribution is -2.38. The molecular formula is C12H19ClF3N3S. The first-order valence-corrected chi connectivity index (χ1v) is 7.19. The molecule has 0 aromatic carbocycles. The Balaban J connectivity index is 0.00000200. The van der Waals surface area contributed by atoms with Gasteiger partial charge in [-0.1, -0.05) is 0 Å². The van der Waals surface area contributed by atoms with Gasteiger partial charge in [-0.25, -0.2) is 4.98 Å². The zero-order valence-corrected chi connectivity index (χ0v) is 12.9. The molecule has 0 bridgehead atoms. The molecule has 0 amide bonds. The number of aromatic nitrogens is 1. The van der Waals surface area contributed by atoms with Crippen LogP contribution < -0.4 is 5.32 Å². The van der Waals surface area contributed by atoms with E-state index in [9.17, 15) is 13.2 Å². The van der Waals surface area contributed by atoms with Gasteiger partial charge >= 0.3 is 6.18 Å². The van der Waals surface area contributed by atoms with Gasteiger partial charge in [-0.05, 0) is 38.9 Å². The van der Waals surface area contributed by atoms with Crippen LogP contribution in [0.3, 0.4) is 0 Å². The van der Waals surface area contributed by atoms with E-state index in [1.54, 1.807) is 0 Å². The number of rotatable bonds is 4. The first kappa shape index (κ1) is 17.7. The summed E-state index contributed by atoms with van der Waals surface area (Å²) in [7, 11) is 1.93. The van der Waals surface area contributed by atoms with Gasteiger partial charge in [-0.15, -0.1) is 23.7 Å². The van der Waals surface area contributed by atoms with E-state index in [0.29, 0.717) is 17.3 Å². The first-order chi connectivity index (χ1) is 8.99. The minimum atomic E-state index is -4.32. The van der Waals surface area contributed by atoms with Crippen LogP contribution in [0.25, 0.3) is 0 Å². The maximum atomic E-state index is 12.5.